The predicted octanol–water partition coefficient (Wildman–Crippen LogP) is 2.78. The Morgan fingerprint density at radius 2 is 1.90 bits per heavy atom. The lowest BCUT2D eigenvalue weighted by Crippen LogP contribution is -2.33. The Kier molecular flexibility index (Phi) is 6.96. The van der Waals surface area contributed by atoms with Crippen LogP contribution in [0.5, 0.6) is 0 Å². The molecule has 1 aromatic carbocycles. The lowest BCUT2D eigenvalue weighted by molar-refractivity contribution is -0.141. The van der Waals surface area contributed by atoms with Crippen LogP contribution in [-0.2, 0) is 22.6 Å². The number of benzene rings is 1. The van der Waals surface area contributed by atoms with Crippen LogP contribution in [0.15, 0.2) is 48.0 Å². The van der Waals surface area contributed by atoms with Gasteiger partial charge < -0.3 is 10.6 Å². The van der Waals surface area contributed by atoms with Gasteiger partial charge in [0, 0.05) is 24.3 Å². The first-order valence-electron chi connectivity index (χ1n) is 8.37. The quantitative estimate of drug-likeness (QED) is 0.703. The largest absolute Gasteiger partial charge is 0.434 e. The maximum Gasteiger partial charge on any atom is 0.434 e. The Morgan fingerprint density at radius 1 is 1.24 bits per heavy atom. The van der Waals surface area contributed by atoms with Crippen molar-refractivity contribution in [2.24, 2.45) is 0 Å². The molecule has 2 N–H and O–H groups in total. The third-order valence-corrected chi connectivity index (χ3v) is 4.21. The van der Waals surface area contributed by atoms with Gasteiger partial charge in [-0.15, -0.1) is 0 Å². The van der Waals surface area contributed by atoms with E-state index in [1.807, 2.05) is 0 Å². The number of nitrogens with one attached hydrogen (secondary N) is 2. The Hall–Kier alpha value is -2.95. The highest BCUT2D eigenvalue weighted by molar-refractivity contribution is 7.93. The molecule has 0 aliphatic carbocycles. The van der Waals surface area contributed by atoms with Crippen LogP contribution >= 0.6 is 0 Å². The van der Waals surface area contributed by atoms with Gasteiger partial charge in [-0.3, -0.25) is 4.79 Å². The number of anilines is 1. The highest BCUT2D eigenvalue weighted by Gasteiger charge is 2.34. The van der Waals surface area contributed by atoms with Gasteiger partial charge in [-0.05, 0) is 12.5 Å². The summed E-state index contributed by atoms with van der Waals surface area (Å²) in [6.07, 6.45) is -2.02. The van der Waals surface area contributed by atoms with Gasteiger partial charge in [-0.2, -0.15) is 13.2 Å². The van der Waals surface area contributed by atoms with Gasteiger partial charge in [0.05, 0.1) is 6.20 Å². The molecule has 1 atom stereocenters. The molecule has 0 saturated heterocycles. The fourth-order valence-electron chi connectivity index (χ4n) is 2.18. The molecule has 1 amide bonds. The first-order chi connectivity index (χ1) is 13.5. The zero-order chi connectivity index (χ0) is 21.7. The van der Waals surface area contributed by atoms with Gasteiger partial charge in [-0.25, -0.2) is 18.4 Å². The summed E-state index contributed by atoms with van der Waals surface area (Å²) in [6, 6.07) is 8.12. The number of halogens is 3. The van der Waals surface area contributed by atoms with Crippen LogP contribution < -0.4 is 10.6 Å². The molecule has 0 spiro atoms. The van der Waals surface area contributed by atoms with E-state index in [-0.39, 0.29) is 18.1 Å². The number of nitrogens with zero attached hydrogens (tertiary/aromatic N) is 2. The molecule has 1 aromatic heterocycles. The van der Waals surface area contributed by atoms with Gasteiger partial charge in [-0.1, -0.05) is 36.4 Å². The predicted molar refractivity (Wildman–Crippen MR) is 102 cm³/mol. The fourth-order valence-corrected chi connectivity index (χ4v) is 2.70. The molecule has 7 nitrogen and oxygen atoms in total. The van der Waals surface area contributed by atoms with Gasteiger partial charge in [0.1, 0.15) is 0 Å². The van der Waals surface area contributed by atoms with Crippen molar-refractivity contribution < 1.29 is 26.4 Å². The van der Waals surface area contributed by atoms with Crippen molar-refractivity contribution in [1.29, 1.82) is 0 Å². The minimum atomic E-state index is -4.73. The van der Waals surface area contributed by atoms with E-state index in [0.29, 0.717) is 6.20 Å². The Morgan fingerprint density at radius 3 is 2.48 bits per heavy atom. The summed E-state index contributed by atoms with van der Waals surface area (Å²) in [5.74, 6) is -1.13. The van der Waals surface area contributed by atoms with Crippen LogP contribution in [0.3, 0.4) is 0 Å². The molecule has 156 valence electrons. The van der Waals surface area contributed by atoms with Crippen LogP contribution in [-0.4, -0.2) is 36.6 Å². The zero-order valence-electron chi connectivity index (χ0n) is 15.6. The van der Waals surface area contributed by atoms with E-state index in [4.69, 9.17) is 0 Å². The topological polar surface area (TPSA) is 101 Å². The highest BCUT2D eigenvalue weighted by Crippen LogP contribution is 2.28. The normalized spacial score (nSPS) is 13.3. The van der Waals surface area contributed by atoms with E-state index >= 15 is 0 Å². The van der Waals surface area contributed by atoms with E-state index < -0.39 is 33.7 Å². The second-order valence-electron chi connectivity index (χ2n) is 6.21. The number of hydrogen-bond donors (Lipinski definition) is 2. The molecule has 29 heavy (non-hydrogen) atoms. The summed E-state index contributed by atoms with van der Waals surface area (Å²) in [7, 11) is -3.39. The molecule has 0 bridgehead atoms. The number of carbonyl (C=O) groups is 1. The zero-order valence-corrected chi connectivity index (χ0v) is 16.4. The average molecular weight is 428 g/mol. The summed E-state index contributed by atoms with van der Waals surface area (Å²) in [4.78, 5) is 19.6. The Bertz CT molecular complexity index is 993. The SMILES string of the molecule is C[C@@H](/C=C/S(C)(=O)=O)NC(=O)c1ncc(C(F)(F)F)nc1NCc1ccccc1. The van der Waals surface area contributed by atoms with Gasteiger partial charge in [0.15, 0.2) is 27.0 Å². The van der Waals surface area contributed by atoms with Crippen molar-refractivity contribution in [1.82, 2.24) is 15.3 Å². The van der Waals surface area contributed by atoms with Crippen molar-refractivity contribution in [2.45, 2.75) is 25.7 Å². The molecule has 2 aromatic rings. The molecule has 0 aliphatic heterocycles. The van der Waals surface area contributed by atoms with Crippen molar-refractivity contribution in [2.75, 3.05) is 11.6 Å². The molecule has 0 fully saturated rings. The number of hydrogen-bond acceptors (Lipinski definition) is 6. The van der Waals surface area contributed by atoms with E-state index in [0.717, 1.165) is 17.2 Å². The van der Waals surface area contributed by atoms with Crippen LogP contribution in [0.2, 0.25) is 0 Å². The fraction of sp³-hybridized carbons (Fsp3) is 0.278. The lowest BCUT2D eigenvalue weighted by Gasteiger charge is -2.15. The summed E-state index contributed by atoms with van der Waals surface area (Å²) < 4.78 is 61.3. The summed E-state index contributed by atoms with van der Waals surface area (Å²) in [6.45, 7) is 1.63. The number of sulfone groups is 1. The van der Waals surface area contributed by atoms with E-state index in [9.17, 15) is 26.4 Å². The molecule has 1 heterocycles. The Labute approximate surface area is 166 Å². The number of carbonyl (C=O) groups excluding carboxylic acids is 1. The first kappa shape index (κ1) is 22.3. The highest BCUT2D eigenvalue weighted by atomic mass is 32.2. The van der Waals surface area contributed by atoms with Gasteiger partial charge in [0.25, 0.3) is 5.91 Å². The second kappa shape index (κ2) is 9.03. The van der Waals surface area contributed by atoms with E-state index in [1.54, 1.807) is 30.3 Å². The smallest absolute Gasteiger partial charge is 0.364 e. The number of alkyl halides is 3. The van der Waals surface area contributed by atoms with Crippen LogP contribution in [0.1, 0.15) is 28.7 Å². The summed E-state index contributed by atoms with van der Waals surface area (Å²) in [5.41, 5.74) is -0.814. The second-order valence-corrected chi connectivity index (χ2v) is 8.14. The summed E-state index contributed by atoms with van der Waals surface area (Å²) in [5, 5.41) is 6.08. The van der Waals surface area contributed by atoms with Crippen molar-refractivity contribution >= 4 is 21.6 Å². The standard InChI is InChI=1S/C18H19F3N4O3S/c1-12(8-9-29(2,27)28)24-17(26)15-16(23-10-13-6-4-3-5-7-13)25-14(11-22-15)18(19,20)21/h3-9,11-12H,10H2,1-2H3,(H,23,25)(H,24,26)/b9-8+/t12-/m0/s1. The molecular weight excluding hydrogens is 409 g/mol. The van der Waals surface area contributed by atoms with Crippen LogP contribution in [0, 0.1) is 0 Å². The van der Waals surface area contributed by atoms with E-state index in [2.05, 4.69) is 20.6 Å². The van der Waals surface area contributed by atoms with Crippen molar-refractivity contribution in [3.05, 3.63) is 65.0 Å². The molecule has 0 aliphatic rings. The molecule has 11 heteroatoms. The molecule has 2 rings (SSSR count). The number of rotatable bonds is 7. The van der Waals surface area contributed by atoms with Crippen LogP contribution in [0.25, 0.3) is 0 Å². The molecule has 0 radical (unpaired) electrons. The maximum absolute atomic E-state index is 13.0. The van der Waals surface area contributed by atoms with Gasteiger partial charge >= 0.3 is 6.18 Å². The summed E-state index contributed by atoms with van der Waals surface area (Å²) >= 11 is 0. The van der Waals surface area contributed by atoms with E-state index in [1.165, 1.54) is 13.0 Å². The third-order valence-electron chi connectivity index (χ3n) is 3.55. The lowest BCUT2D eigenvalue weighted by atomic mass is 10.2. The van der Waals surface area contributed by atoms with Crippen molar-refractivity contribution in [3.8, 4) is 0 Å². The van der Waals surface area contributed by atoms with Gasteiger partial charge in [0.2, 0.25) is 0 Å². The minimum Gasteiger partial charge on any atom is -0.364 e. The third kappa shape index (κ3) is 7.18. The molecular formula is C18H19F3N4O3S. The molecule has 0 saturated carbocycles. The monoisotopic (exact) mass is 428 g/mol. The molecule has 0 unspecified atom stereocenters. The van der Waals surface area contributed by atoms with Crippen LogP contribution in [0.4, 0.5) is 19.0 Å². The number of amides is 1. The number of aromatic nitrogens is 2. The first-order valence-corrected chi connectivity index (χ1v) is 10.3. The maximum atomic E-state index is 13.0. The average Bonchev–Trinajstić information content (AvgIpc) is 2.64. The van der Waals surface area contributed by atoms with Crippen molar-refractivity contribution in [3.63, 3.8) is 0 Å². The minimum absolute atomic E-state index is 0.126. The Balaban J connectivity index is 2.26.